The number of amides is 2. The smallest absolute Gasteiger partial charge is 0.244 e. The molecule has 2 amide bonds. The molecule has 0 bridgehead atoms. The van der Waals surface area contributed by atoms with Crippen molar-refractivity contribution in [2.45, 2.75) is 32.9 Å². The van der Waals surface area contributed by atoms with Crippen LogP contribution in [0.25, 0.3) is 0 Å². The van der Waals surface area contributed by atoms with Gasteiger partial charge in [0.2, 0.25) is 21.8 Å². The third-order valence-electron chi connectivity index (χ3n) is 5.95. The average molecular weight is 556 g/mol. The molecule has 0 spiro atoms. The van der Waals surface area contributed by atoms with Crippen molar-refractivity contribution in [3.05, 3.63) is 101 Å². The maximum absolute atomic E-state index is 13.9. The quantitative estimate of drug-likeness (QED) is 0.356. The number of hydrogen-bond acceptors (Lipinski definition) is 4. The Morgan fingerprint density at radius 1 is 0.868 bits per heavy atom. The number of benzene rings is 3. The van der Waals surface area contributed by atoms with E-state index >= 15 is 0 Å². The van der Waals surface area contributed by atoms with E-state index in [-0.39, 0.29) is 24.8 Å². The zero-order valence-corrected chi connectivity index (χ0v) is 23.5. The number of hydrogen-bond donors (Lipinski definition) is 1. The van der Waals surface area contributed by atoms with E-state index in [0.717, 1.165) is 21.7 Å². The van der Waals surface area contributed by atoms with Crippen molar-refractivity contribution in [3.63, 3.8) is 0 Å². The van der Waals surface area contributed by atoms with Gasteiger partial charge in [0.25, 0.3) is 0 Å². The third kappa shape index (κ3) is 8.60. The van der Waals surface area contributed by atoms with Gasteiger partial charge in [-0.25, -0.2) is 8.42 Å². The molecular weight excluding hydrogens is 522 g/mol. The standard InChI is InChI=1S/C29H34ClN3O4S/c1-22(2)19-31-29(35)27(18-23-10-6-4-7-11-23)32(20-24-12-8-5-9-13-24)28(34)21-33(38(3,36)37)26-16-14-25(30)15-17-26/h4-17,22,27H,18-21H2,1-3H3,(H,31,35). The molecule has 0 fully saturated rings. The predicted octanol–water partition coefficient (Wildman–Crippen LogP) is 4.52. The van der Waals surface area contributed by atoms with Crippen LogP contribution in [0.5, 0.6) is 0 Å². The van der Waals surface area contributed by atoms with E-state index in [2.05, 4.69) is 5.32 Å². The maximum Gasteiger partial charge on any atom is 0.244 e. The number of anilines is 1. The van der Waals surface area contributed by atoms with Crippen molar-refractivity contribution in [2.75, 3.05) is 23.7 Å². The number of carbonyl (C=O) groups is 2. The molecule has 3 rings (SSSR count). The highest BCUT2D eigenvalue weighted by Gasteiger charge is 2.33. The lowest BCUT2D eigenvalue weighted by molar-refractivity contribution is -0.140. The number of sulfonamides is 1. The zero-order valence-electron chi connectivity index (χ0n) is 21.9. The highest BCUT2D eigenvalue weighted by atomic mass is 35.5. The molecule has 0 heterocycles. The minimum absolute atomic E-state index is 0.143. The zero-order chi connectivity index (χ0) is 27.7. The van der Waals surface area contributed by atoms with Crippen molar-refractivity contribution in [1.82, 2.24) is 10.2 Å². The first kappa shape index (κ1) is 29.2. The van der Waals surface area contributed by atoms with Crippen LogP contribution in [0.3, 0.4) is 0 Å². The molecule has 1 unspecified atom stereocenters. The Bertz CT molecular complexity index is 1300. The van der Waals surface area contributed by atoms with Crippen LogP contribution in [0, 0.1) is 5.92 Å². The van der Waals surface area contributed by atoms with Gasteiger partial charge in [-0.15, -0.1) is 0 Å². The van der Waals surface area contributed by atoms with Crippen LogP contribution in [0.4, 0.5) is 5.69 Å². The minimum Gasteiger partial charge on any atom is -0.354 e. The van der Waals surface area contributed by atoms with Gasteiger partial charge in [-0.3, -0.25) is 13.9 Å². The fraction of sp³-hybridized carbons (Fsp3) is 0.310. The van der Waals surface area contributed by atoms with Gasteiger partial charge in [-0.2, -0.15) is 0 Å². The Morgan fingerprint density at radius 3 is 1.95 bits per heavy atom. The molecule has 3 aromatic carbocycles. The molecule has 9 heteroatoms. The van der Waals surface area contributed by atoms with E-state index < -0.39 is 28.5 Å². The average Bonchev–Trinajstić information content (AvgIpc) is 2.89. The van der Waals surface area contributed by atoms with E-state index in [0.29, 0.717) is 17.3 Å². The highest BCUT2D eigenvalue weighted by molar-refractivity contribution is 7.92. The Kier molecular flexibility index (Phi) is 10.3. The van der Waals surface area contributed by atoms with Crippen molar-refractivity contribution >= 4 is 39.1 Å². The van der Waals surface area contributed by atoms with Crippen molar-refractivity contribution in [1.29, 1.82) is 0 Å². The van der Waals surface area contributed by atoms with Crippen LogP contribution < -0.4 is 9.62 Å². The molecule has 7 nitrogen and oxygen atoms in total. The molecule has 0 radical (unpaired) electrons. The van der Waals surface area contributed by atoms with Gasteiger partial charge in [-0.1, -0.05) is 86.1 Å². The minimum atomic E-state index is -3.82. The molecule has 0 aliphatic heterocycles. The molecule has 38 heavy (non-hydrogen) atoms. The molecule has 0 aromatic heterocycles. The normalized spacial score (nSPS) is 12.1. The Labute approximate surface area is 230 Å². The second-order valence-electron chi connectivity index (χ2n) is 9.60. The van der Waals surface area contributed by atoms with Gasteiger partial charge in [0.15, 0.2) is 0 Å². The molecule has 0 aliphatic carbocycles. The third-order valence-corrected chi connectivity index (χ3v) is 7.34. The molecule has 1 N–H and O–H groups in total. The Hall–Kier alpha value is -3.36. The van der Waals surface area contributed by atoms with Gasteiger partial charge in [-0.05, 0) is 41.3 Å². The summed E-state index contributed by atoms with van der Waals surface area (Å²) < 4.78 is 26.5. The summed E-state index contributed by atoms with van der Waals surface area (Å²) in [4.78, 5) is 28.9. The van der Waals surface area contributed by atoms with Crippen LogP contribution in [0.1, 0.15) is 25.0 Å². The van der Waals surface area contributed by atoms with E-state index in [1.165, 1.54) is 4.90 Å². The molecule has 202 valence electrons. The summed E-state index contributed by atoms with van der Waals surface area (Å²) in [5, 5.41) is 3.41. The Morgan fingerprint density at radius 2 is 1.42 bits per heavy atom. The fourth-order valence-corrected chi connectivity index (χ4v) is 4.95. The van der Waals surface area contributed by atoms with Gasteiger partial charge in [0.1, 0.15) is 12.6 Å². The molecule has 0 aliphatic rings. The van der Waals surface area contributed by atoms with E-state index in [9.17, 15) is 18.0 Å². The summed E-state index contributed by atoms with van der Waals surface area (Å²) in [6, 6.07) is 24.2. The van der Waals surface area contributed by atoms with Crippen molar-refractivity contribution in [2.24, 2.45) is 5.92 Å². The second kappa shape index (κ2) is 13.4. The predicted molar refractivity (Wildman–Crippen MR) is 152 cm³/mol. The lowest BCUT2D eigenvalue weighted by atomic mass is 10.0. The summed E-state index contributed by atoms with van der Waals surface area (Å²) in [7, 11) is -3.82. The molecule has 3 aromatic rings. The number of halogens is 1. The number of nitrogens with one attached hydrogen (secondary N) is 1. The van der Waals surface area contributed by atoms with Crippen LogP contribution >= 0.6 is 11.6 Å². The van der Waals surface area contributed by atoms with Gasteiger partial charge < -0.3 is 10.2 Å². The first-order chi connectivity index (χ1) is 18.0. The first-order valence-corrected chi connectivity index (χ1v) is 14.7. The lowest BCUT2D eigenvalue weighted by Crippen LogP contribution is -2.53. The van der Waals surface area contributed by atoms with Gasteiger partial charge >= 0.3 is 0 Å². The fourth-order valence-electron chi connectivity index (χ4n) is 3.98. The van der Waals surface area contributed by atoms with Gasteiger partial charge in [0, 0.05) is 24.5 Å². The Balaban J connectivity index is 2.01. The van der Waals surface area contributed by atoms with E-state index in [1.807, 2.05) is 74.5 Å². The van der Waals surface area contributed by atoms with Crippen molar-refractivity contribution < 1.29 is 18.0 Å². The van der Waals surface area contributed by atoms with Crippen LogP contribution in [0.2, 0.25) is 5.02 Å². The molecule has 1 atom stereocenters. The number of nitrogens with zero attached hydrogens (tertiary/aromatic N) is 2. The van der Waals surface area contributed by atoms with Crippen LogP contribution in [0.15, 0.2) is 84.9 Å². The summed E-state index contributed by atoms with van der Waals surface area (Å²) in [5.74, 6) is -0.556. The lowest BCUT2D eigenvalue weighted by Gasteiger charge is -2.33. The molecule has 0 saturated carbocycles. The van der Waals surface area contributed by atoms with Crippen LogP contribution in [-0.4, -0.2) is 50.5 Å². The summed E-state index contributed by atoms with van der Waals surface area (Å²) in [5.41, 5.74) is 2.03. The van der Waals surface area contributed by atoms with E-state index in [4.69, 9.17) is 11.6 Å². The largest absolute Gasteiger partial charge is 0.354 e. The number of rotatable bonds is 12. The van der Waals surface area contributed by atoms with Crippen LogP contribution in [-0.2, 0) is 32.6 Å². The van der Waals surface area contributed by atoms with Crippen molar-refractivity contribution in [3.8, 4) is 0 Å². The van der Waals surface area contributed by atoms with Gasteiger partial charge in [0.05, 0.1) is 11.9 Å². The SMILES string of the molecule is CC(C)CNC(=O)C(Cc1ccccc1)N(Cc1ccccc1)C(=O)CN(c1ccc(Cl)cc1)S(C)(=O)=O. The highest BCUT2D eigenvalue weighted by Crippen LogP contribution is 2.22. The summed E-state index contributed by atoms with van der Waals surface area (Å²) in [6.07, 6.45) is 1.33. The second-order valence-corrected chi connectivity index (χ2v) is 11.9. The topological polar surface area (TPSA) is 86.8 Å². The molecule has 0 saturated heterocycles. The first-order valence-electron chi connectivity index (χ1n) is 12.4. The maximum atomic E-state index is 13.9. The number of carbonyl (C=O) groups excluding carboxylic acids is 2. The summed E-state index contributed by atoms with van der Waals surface area (Å²) in [6.45, 7) is 4.13. The molecular formula is C29H34ClN3O4S. The monoisotopic (exact) mass is 555 g/mol. The summed E-state index contributed by atoms with van der Waals surface area (Å²) >= 11 is 5.99. The van der Waals surface area contributed by atoms with E-state index in [1.54, 1.807) is 24.3 Å².